The van der Waals surface area contributed by atoms with Gasteiger partial charge in [-0.1, -0.05) is 6.07 Å². The molecule has 7 heteroatoms. The highest BCUT2D eigenvalue weighted by Crippen LogP contribution is 2.21. The van der Waals surface area contributed by atoms with Gasteiger partial charge in [-0.15, -0.1) is 0 Å². The normalized spacial score (nSPS) is 15.2. The van der Waals surface area contributed by atoms with Gasteiger partial charge in [-0.2, -0.15) is 0 Å². The molecule has 108 valence electrons. The first-order valence-electron chi connectivity index (χ1n) is 6.66. The SMILES string of the molecule is Cc1c(B(O)O)cc(CC(=O)O)cc1N1CCNCC1. The fraction of sp³-hybridized carbons (Fsp3) is 0.462. The van der Waals surface area contributed by atoms with Crippen molar-refractivity contribution in [2.45, 2.75) is 13.3 Å². The molecular formula is C13H19BN2O4. The number of carbonyl (C=O) groups is 1. The monoisotopic (exact) mass is 278 g/mol. The molecule has 0 spiro atoms. The summed E-state index contributed by atoms with van der Waals surface area (Å²) in [5.41, 5.74) is 2.63. The zero-order valence-electron chi connectivity index (χ0n) is 11.5. The summed E-state index contributed by atoms with van der Waals surface area (Å²) in [6.45, 7) is 5.19. The van der Waals surface area contributed by atoms with Crippen LogP contribution in [0.25, 0.3) is 0 Å². The number of carboxylic acid groups (broad SMARTS) is 1. The highest BCUT2D eigenvalue weighted by molar-refractivity contribution is 6.59. The molecular weight excluding hydrogens is 259 g/mol. The lowest BCUT2D eigenvalue weighted by molar-refractivity contribution is -0.136. The minimum absolute atomic E-state index is 0.126. The van der Waals surface area contributed by atoms with Gasteiger partial charge in [0.25, 0.3) is 0 Å². The molecule has 1 heterocycles. The fourth-order valence-corrected chi connectivity index (χ4v) is 2.56. The van der Waals surface area contributed by atoms with E-state index in [-0.39, 0.29) is 6.42 Å². The van der Waals surface area contributed by atoms with Crippen molar-refractivity contribution >= 4 is 24.2 Å². The molecule has 0 radical (unpaired) electrons. The van der Waals surface area contributed by atoms with Crippen molar-refractivity contribution in [1.82, 2.24) is 5.32 Å². The second kappa shape index (κ2) is 6.26. The van der Waals surface area contributed by atoms with Crippen molar-refractivity contribution in [3.05, 3.63) is 23.3 Å². The third-order valence-electron chi connectivity index (χ3n) is 3.57. The Balaban J connectivity index is 2.41. The predicted molar refractivity (Wildman–Crippen MR) is 77.4 cm³/mol. The molecule has 0 saturated carbocycles. The van der Waals surface area contributed by atoms with E-state index in [9.17, 15) is 14.8 Å². The topological polar surface area (TPSA) is 93.0 Å². The lowest BCUT2D eigenvalue weighted by Gasteiger charge is -2.32. The first-order chi connectivity index (χ1) is 9.49. The van der Waals surface area contributed by atoms with Crippen molar-refractivity contribution in [3.63, 3.8) is 0 Å². The van der Waals surface area contributed by atoms with Crippen LogP contribution in [0.1, 0.15) is 11.1 Å². The summed E-state index contributed by atoms with van der Waals surface area (Å²) < 4.78 is 0. The van der Waals surface area contributed by atoms with Crippen molar-refractivity contribution in [1.29, 1.82) is 0 Å². The number of piperazine rings is 1. The molecule has 1 aromatic rings. The summed E-state index contributed by atoms with van der Waals surface area (Å²) in [5, 5.41) is 31.1. The molecule has 2 rings (SSSR count). The lowest BCUT2D eigenvalue weighted by atomic mass is 9.75. The van der Waals surface area contributed by atoms with E-state index in [0.717, 1.165) is 37.4 Å². The first-order valence-corrected chi connectivity index (χ1v) is 6.66. The molecule has 1 saturated heterocycles. The Morgan fingerprint density at radius 3 is 2.55 bits per heavy atom. The van der Waals surface area contributed by atoms with Crippen LogP contribution in [-0.4, -0.2) is 54.4 Å². The van der Waals surface area contributed by atoms with E-state index in [4.69, 9.17) is 5.11 Å². The Morgan fingerprint density at radius 1 is 1.35 bits per heavy atom. The van der Waals surface area contributed by atoms with E-state index < -0.39 is 13.1 Å². The number of nitrogens with one attached hydrogen (secondary N) is 1. The fourth-order valence-electron chi connectivity index (χ4n) is 2.56. The standard InChI is InChI=1S/C13H19BN2O4/c1-9-11(14(19)20)6-10(8-13(17)18)7-12(9)16-4-2-15-3-5-16/h6-7,15,19-20H,2-5,8H2,1H3,(H,17,18). The zero-order valence-corrected chi connectivity index (χ0v) is 11.5. The van der Waals surface area contributed by atoms with E-state index in [0.29, 0.717) is 11.0 Å². The molecule has 1 aliphatic heterocycles. The highest BCUT2D eigenvalue weighted by Gasteiger charge is 2.21. The van der Waals surface area contributed by atoms with E-state index in [1.807, 2.05) is 13.0 Å². The largest absolute Gasteiger partial charge is 0.488 e. The van der Waals surface area contributed by atoms with Gasteiger partial charge in [-0.05, 0) is 29.6 Å². The Morgan fingerprint density at radius 2 is 2.00 bits per heavy atom. The molecule has 0 bridgehead atoms. The number of anilines is 1. The molecule has 0 aliphatic carbocycles. The Labute approximate surface area is 118 Å². The van der Waals surface area contributed by atoms with Crippen molar-refractivity contribution in [3.8, 4) is 0 Å². The number of carboxylic acids is 1. The average Bonchev–Trinajstić information content (AvgIpc) is 2.40. The maximum absolute atomic E-state index is 10.9. The van der Waals surface area contributed by atoms with Gasteiger partial charge in [0.2, 0.25) is 0 Å². The smallest absolute Gasteiger partial charge is 0.481 e. The van der Waals surface area contributed by atoms with Crippen LogP contribution < -0.4 is 15.7 Å². The number of rotatable bonds is 4. The minimum atomic E-state index is -1.59. The summed E-state index contributed by atoms with van der Waals surface area (Å²) in [6, 6.07) is 3.39. The number of nitrogens with zero attached hydrogens (tertiary/aromatic N) is 1. The van der Waals surface area contributed by atoms with Crippen LogP contribution in [0.5, 0.6) is 0 Å². The van der Waals surface area contributed by atoms with Crippen molar-refractivity contribution in [2.24, 2.45) is 0 Å². The van der Waals surface area contributed by atoms with Gasteiger partial charge < -0.3 is 25.4 Å². The van der Waals surface area contributed by atoms with Gasteiger partial charge >= 0.3 is 13.1 Å². The Hall–Kier alpha value is -1.57. The van der Waals surface area contributed by atoms with Gasteiger partial charge in [-0.25, -0.2) is 0 Å². The van der Waals surface area contributed by atoms with Gasteiger partial charge in [-0.3, -0.25) is 4.79 Å². The van der Waals surface area contributed by atoms with Crippen LogP contribution in [0.4, 0.5) is 5.69 Å². The van der Waals surface area contributed by atoms with Crippen LogP contribution in [0.2, 0.25) is 0 Å². The second-order valence-corrected chi connectivity index (χ2v) is 5.01. The minimum Gasteiger partial charge on any atom is -0.481 e. The van der Waals surface area contributed by atoms with Gasteiger partial charge in [0.1, 0.15) is 0 Å². The molecule has 4 N–H and O–H groups in total. The van der Waals surface area contributed by atoms with Crippen LogP contribution >= 0.6 is 0 Å². The number of aliphatic carboxylic acids is 1. The van der Waals surface area contributed by atoms with Gasteiger partial charge in [0.05, 0.1) is 6.42 Å². The zero-order chi connectivity index (χ0) is 14.7. The Bertz CT molecular complexity index is 501. The molecule has 1 aliphatic rings. The highest BCUT2D eigenvalue weighted by atomic mass is 16.4. The summed E-state index contributed by atoms with van der Waals surface area (Å²) in [6.07, 6.45) is -0.126. The Kier molecular flexibility index (Phi) is 4.64. The van der Waals surface area contributed by atoms with Crippen LogP contribution in [0.15, 0.2) is 12.1 Å². The summed E-state index contributed by atoms with van der Waals surface area (Å²) in [7, 11) is -1.59. The molecule has 0 aromatic heterocycles. The van der Waals surface area contributed by atoms with Crippen molar-refractivity contribution < 1.29 is 19.9 Å². The van der Waals surface area contributed by atoms with Crippen molar-refractivity contribution in [2.75, 3.05) is 31.1 Å². The third kappa shape index (κ3) is 3.30. The van der Waals surface area contributed by atoms with Gasteiger partial charge in [0, 0.05) is 31.9 Å². The molecule has 20 heavy (non-hydrogen) atoms. The number of benzene rings is 1. The second-order valence-electron chi connectivity index (χ2n) is 5.01. The first kappa shape index (κ1) is 14.8. The molecule has 0 unspecified atom stereocenters. The molecule has 1 fully saturated rings. The number of hydrogen-bond acceptors (Lipinski definition) is 5. The quantitative estimate of drug-likeness (QED) is 0.512. The lowest BCUT2D eigenvalue weighted by Crippen LogP contribution is -2.45. The van der Waals surface area contributed by atoms with Crippen LogP contribution in [0.3, 0.4) is 0 Å². The summed E-state index contributed by atoms with van der Waals surface area (Å²) in [5.74, 6) is -0.932. The molecule has 0 amide bonds. The van der Waals surface area contributed by atoms with E-state index in [1.165, 1.54) is 0 Å². The predicted octanol–water partition coefficient (Wildman–Crippen LogP) is -1.29. The van der Waals surface area contributed by atoms with E-state index in [1.54, 1.807) is 6.07 Å². The van der Waals surface area contributed by atoms with E-state index >= 15 is 0 Å². The molecule has 6 nitrogen and oxygen atoms in total. The third-order valence-corrected chi connectivity index (χ3v) is 3.57. The van der Waals surface area contributed by atoms with Crippen LogP contribution in [0, 0.1) is 6.92 Å². The summed E-state index contributed by atoms with van der Waals surface area (Å²) in [4.78, 5) is 13.0. The molecule has 1 aromatic carbocycles. The van der Waals surface area contributed by atoms with E-state index in [2.05, 4.69) is 10.2 Å². The van der Waals surface area contributed by atoms with Gasteiger partial charge in [0.15, 0.2) is 0 Å². The summed E-state index contributed by atoms with van der Waals surface area (Å²) >= 11 is 0. The maximum atomic E-state index is 10.9. The molecule has 0 atom stereocenters. The van der Waals surface area contributed by atoms with Crippen LogP contribution in [-0.2, 0) is 11.2 Å². The maximum Gasteiger partial charge on any atom is 0.488 e. The average molecular weight is 278 g/mol. The number of hydrogen-bond donors (Lipinski definition) is 4.